The first-order valence-corrected chi connectivity index (χ1v) is 9.27. The van der Waals surface area contributed by atoms with Crippen molar-refractivity contribution in [3.8, 4) is 11.5 Å². The number of rotatable bonds is 9. The van der Waals surface area contributed by atoms with Crippen LogP contribution in [0.3, 0.4) is 0 Å². The summed E-state index contributed by atoms with van der Waals surface area (Å²) in [4.78, 5) is 12.3. The Morgan fingerprint density at radius 3 is 2.29 bits per heavy atom. The number of benzene rings is 2. The summed E-state index contributed by atoms with van der Waals surface area (Å²) in [6, 6.07) is 13.9. The molecule has 2 aromatic carbocycles. The van der Waals surface area contributed by atoms with E-state index < -0.39 is 6.61 Å². The van der Waals surface area contributed by atoms with Crippen LogP contribution in [-0.2, 0) is 6.42 Å². The third-order valence-corrected chi connectivity index (χ3v) is 4.70. The molecule has 7 heteroatoms. The lowest BCUT2D eigenvalue weighted by molar-refractivity contribution is -0.0498. The molecule has 0 aromatic heterocycles. The molecule has 1 saturated carbocycles. The fourth-order valence-electron chi connectivity index (χ4n) is 3.06. The van der Waals surface area contributed by atoms with E-state index in [9.17, 15) is 13.6 Å². The number of carbonyl (C=O) groups is 1. The number of hydrogen-bond donors (Lipinski definition) is 2. The summed E-state index contributed by atoms with van der Waals surface area (Å²) in [7, 11) is 1.62. The van der Waals surface area contributed by atoms with Gasteiger partial charge in [-0.05, 0) is 60.6 Å². The Labute approximate surface area is 163 Å². The number of urea groups is 1. The predicted octanol–water partition coefficient (Wildman–Crippen LogP) is 4.29. The summed E-state index contributed by atoms with van der Waals surface area (Å²) in [5.74, 6) is 1.37. The molecule has 1 unspecified atom stereocenters. The van der Waals surface area contributed by atoms with Gasteiger partial charge in [0.2, 0.25) is 0 Å². The molecule has 28 heavy (non-hydrogen) atoms. The number of methoxy groups -OCH3 is 1. The van der Waals surface area contributed by atoms with Gasteiger partial charge in [0, 0.05) is 6.54 Å². The Balaban J connectivity index is 1.47. The number of alkyl halides is 2. The van der Waals surface area contributed by atoms with Gasteiger partial charge in [0.05, 0.1) is 13.2 Å². The molecule has 0 heterocycles. The van der Waals surface area contributed by atoms with Gasteiger partial charge in [0.15, 0.2) is 0 Å². The largest absolute Gasteiger partial charge is 0.497 e. The highest BCUT2D eigenvalue weighted by Gasteiger charge is 2.33. The maximum absolute atomic E-state index is 12.3. The van der Waals surface area contributed by atoms with E-state index in [1.807, 2.05) is 24.3 Å². The Bertz CT molecular complexity index is 762. The van der Waals surface area contributed by atoms with Crippen LogP contribution in [0.15, 0.2) is 48.5 Å². The quantitative estimate of drug-likeness (QED) is 0.672. The van der Waals surface area contributed by atoms with Crippen LogP contribution in [0.5, 0.6) is 11.5 Å². The van der Waals surface area contributed by atoms with Crippen LogP contribution in [-0.4, -0.2) is 26.3 Å². The molecule has 0 spiro atoms. The van der Waals surface area contributed by atoms with Crippen molar-refractivity contribution in [2.75, 3.05) is 13.7 Å². The second-order valence-corrected chi connectivity index (χ2v) is 6.76. The lowest BCUT2D eigenvalue weighted by Crippen LogP contribution is -2.39. The standard InChI is InChI=1S/C21H24F2N2O3/c1-27-17-10-6-16(7-11-17)19(15-4-5-15)25-21(26)24-13-12-14-2-8-18(9-3-14)28-20(22)23/h2-3,6-11,15,19-20H,4-5,12-13H2,1H3,(H2,24,25,26). The molecular weight excluding hydrogens is 366 g/mol. The third kappa shape index (κ3) is 5.84. The van der Waals surface area contributed by atoms with Crippen LogP contribution in [0, 0.1) is 5.92 Å². The van der Waals surface area contributed by atoms with Gasteiger partial charge in [-0.25, -0.2) is 4.79 Å². The second-order valence-electron chi connectivity index (χ2n) is 6.76. The minimum absolute atomic E-state index is 0.0170. The van der Waals surface area contributed by atoms with Crippen LogP contribution < -0.4 is 20.1 Å². The van der Waals surface area contributed by atoms with Gasteiger partial charge in [0.25, 0.3) is 0 Å². The monoisotopic (exact) mass is 390 g/mol. The van der Waals surface area contributed by atoms with Gasteiger partial charge < -0.3 is 20.1 Å². The van der Waals surface area contributed by atoms with Crippen LogP contribution in [0.2, 0.25) is 0 Å². The SMILES string of the molecule is COc1ccc(C(NC(=O)NCCc2ccc(OC(F)F)cc2)C2CC2)cc1. The van der Waals surface area contributed by atoms with E-state index in [4.69, 9.17) is 4.74 Å². The second kappa shape index (κ2) is 9.39. The number of halogens is 2. The van der Waals surface area contributed by atoms with Gasteiger partial charge in [-0.2, -0.15) is 8.78 Å². The number of carbonyl (C=O) groups excluding carboxylic acids is 1. The Hall–Kier alpha value is -2.83. The first-order chi connectivity index (χ1) is 13.5. The third-order valence-electron chi connectivity index (χ3n) is 4.70. The van der Waals surface area contributed by atoms with Crippen LogP contribution >= 0.6 is 0 Å². The van der Waals surface area contributed by atoms with E-state index in [-0.39, 0.29) is 17.8 Å². The zero-order valence-electron chi connectivity index (χ0n) is 15.7. The Morgan fingerprint density at radius 2 is 1.71 bits per heavy atom. The average molecular weight is 390 g/mol. The van der Waals surface area contributed by atoms with Gasteiger partial charge in [0.1, 0.15) is 11.5 Å². The summed E-state index contributed by atoms with van der Waals surface area (Å²) in [6.07, 6.45) is 2.80. The van der Waals surface area contributed by atoms with E-state index in [1.165, 1.54) is 12.1 Å². The maximum Gasteiger partial charge on any atom is 0.387 e. The van der Waals surface area contributed by atoms with E-state index in [0.29, 0.717) is 18.9 Å². The van der Waals surface area contributed by atoms with Crippen molar-refractivity contribution >= 4 is 6.03 Å². The predicted molar refractivity (Wildman–Crippen MR) is 102 cm³/mol. The molecule has 0 bridgehead atoms. The number of hydrogen-bond acceptors (Lipinski definition) is 3. The molecule has 1 aliphatic rings. The molecule has 1 aliphatic carbocycles. The molecule has 1 atom stereocenters. The Morgan fingerprint density at radius 1 is 1.07 bits per heavy atom. The normalized spacial score (nSPS) is 14.4. The maximum atomic E-state index is 12.3. The van der Waals surface area contributed by atoms with E-state index >= 15 is 0 Å². The van der Waals surface area contributed by atoms with E-state index in [0.717, 1.165) is 29.7 Å². The van der Waals surface area contributed by atoms with Crippen LogP contribution in [0.4, 0.5) is 13.6 Å². The summed E-state index contributed by atoms with van der Waals surface area (Å²) < 4.78 is 33.8. The Kier molecular flexibility index (Phi) is 6.68. The highest BCUT2D eigenvalue weighted by molar-refractivity contribution is 5.74. The highest BCUT2D eigenvalue weighted by Crippen LogP contribution is 2.41. The van der Waals surface area contributed by atoms with Crippen molar-refractivity contribution in [2.45, 2.75) is 31.9 Å². The molecule has 150 valence electrons. The number of nitrogens with one attached hydrogen (secondary N) is 2. The zero-order chi connectivity index (χ0) is 19.9. The van der Waals surface area contributed by atoms with E-state index in [2.05, 4.69) is 15.4 Å². The molecule has 0 saturated heterocycles. The van der Waals surface area contributed by atoms with Crippen molar-refractivity contribution in [1.82, 2.24) is 10.6 Å². The molecule has 2 aromatic rings. The van der Waals surface area contributed by atoms with Gasteiger partial charge in [-0.3, -0.25) is 0 Å². The van der Waals surface area contributed by atoms with Gasteiger partial charge in [-0.1, -0.05) is 24.3 Å². The molecule has 0 radical (unpaired) electrons. The first kappa shape index (κ1) is 19.9. The van der Waals surface area contributed by atoms with Crippen molar-refractivity contribution < 1.29 is 23.0 Å². The topological polar surface area (TPSA) is 59.6 Å². The molecule has 0 aliphatic heterocycles. The minimum atomic E-state index is -2.83. The van der Waals surface area contributed by atoms with Crippen molar-refractivity contribution in [3.63, 3.8) is 0 Å². The molecule has 5 nitrogen and oxygen atoms in total. The molecule has 3 rings (SSSR count). The summed E-state index contributed by atoms with van der Waals surface area (Å²) >= 11 is 0. The molecular formula is C21H24F2N2O3. The molecule has 2 amide bonds. The van der Waals surface area contributed by atoms with Crippen LogP contribution in [0.1, 0.15) is 30.0 Å². The van der Waals surface area contributed by atoms with Crippen molar-refractivity contribution in [2.24, 2.45) is 5.92 Å². The zero-order valence-corrected chi connectivity index (χ0v) is 15.7. The first-order valence-electron chi connectivity index (χ1n) is 9.27. The fraction of sp³-hybridized carbons (Fsp3) is 0.381. The average Bonchev–Trinajstić information content (AvgIpc) is 3.52. The van der Waals surface area contributed by atoms with Crippen LogP contribution in [0.25, 0.3) is 0 Å². The van der Waals surface area contributed by atoms with Gasteiger partial charge >= 0.3 is 12.6 Å². The molecule has 1 fully saturated rings. The lowest BCUT2D eigenvalue weighted by Gasteiger charge is -2.19. The fourth-order valence-corrected chi connectivity index (χ4v) is 3.06. The number of amides is 2. The smallest absolute Gasteiger partial charge is 0.387 e. The summed E-state index contributed by atoms with van der Waals surface area (Å²) in [5, 5.41) is 5.91. The lowest BCUT2D eigenvalue weighted by atomic mass is 10.0. The van der Waals surface area contributed by atoms with E-state index in [1.54, 1.807) is 19.2 Å². The van der Waals surface area contributed by atoms with Gasteiger partial charge in [-0.15, -0.1) is 0 Å². The highest BCUT2D eigenvalue weighted by atomic mass is 19.3. The van der Waals surface area contributed by atoms with Crippen molar-refractivity contribution in [3.05, 3.63) is 59.7 Å². The molecule has 2 N–H and O–H groups in total. The minimum Gasteiger partial charge on any atom is -0.497 e. The van der Waals surface area contributed by atoms with Crippen molar-refractivity contribution in [1.29, 1.82) is 0 Å². The summed E-state index contributed by atoms with van der Waals surface area (Å²) in [5.41, 5.74) is 1.99. The number of ether oxygens (including phenoxy) is 2. The summed E-state index contributed by atoms with van der Waals surface area (Å²) in [6.45, 7) is -2.39.